The molecule has 0 bridgehead atoms. The summed E-state index contributed by atoms with van der Waals surface area (Å²) in [6.07, 6.45) is -0.0851. The van der Waals surface area contributed by atoms with Crippen molar-refractivity contribution >= 4 is 39.0 Å². The van der Waals surface area contributed by atoms with E-state index in [0.717, 1.165) is 27.9 Å². The Kier molecular flexibility index (Phi) is 4.62. The zero-order valence-electron chi connectivity index (χ0n) is 14.9. The van der Waals surface area contributed by atoms with Gasteiger partial charge in [-0.05, 0) is 13.0 Å². The number of fused-ring (bicyclic) bond motifs is 1. The minimum Gasteiger partial charge on any atom is -0.358 e. The van der Waals surface area contributed by atoms with Crippen molar-refractivity contribution in [1.82, 2.24) is 9.97 Å². The van der Waals surface area contributed by atoms with Gasteiger partial charge in [0.05, 0.1) is 17.0 Å². The number of carbonyl (C=O) groups is 1. The molecule has 4 rings (SSSR count). The average Bonchev–Trinajstić information content (AvgIpc) is 3.24. The van der Waals surface area contributed by atoms with Gasteiger partial charge in [0.1, 0.15) is 0 Å². The minimum absolute atomic E-state index is 0.0631. The maximum absolute atomic E-state index is 12.4. The van der Waals surface area contributed by atoms with Crippen LogP contribution in [0.1, 0.15) is 11.3 Å². The van der Waals surface area contributed by atoms with Crippen LogP contribution in [0.5, 0.6) is 0 Å². The van der Waals surface area contributed by atoms with Gasteiger partial charge in [-0.1, -0.05) is 36.4 Å². The minimum atomic E-state index is -0.482. The van der Waals surface area contributed by atoms with Gasteiger partial charge in [-0.15, -0.1) is 11.3 Å². The number of anilines is 1. The third-order valence-corrected chi connectivity index (χ3v) is 5.20. The number of aryl methyl sites for hydroxylation is 1. The number of nitrogens with one attached hydrogen (secondary N) is 2. The second-order valence-electron chi connectivity index (χ2n) is 6.32. The highest BCUT2D eigenvalue weighted by Gasteiger charge is 2.17. The Labute approximate surface area is 164 Å². The van der Waals surface area contributed by atoms with E-state index in [-0.39, 0.29) is 18.0 Å². The van der Waals surface area contributed by atoms with E-state index in [0.29, 0.717) is 10.7 Å². The van der Waals surface area contributed by atoms with E-state index in [1.165, 1.54) is 17.4 Å². The molecular formula is C20H16N4O3S. The van der Waals surface area contributed by atoms with Crippen molar-refractivity contribution in [2.75, 3.05) is 5.32 Å². The molecule has 2 N–H and O–H groups in total. The van der Waals surface area contributed by atoms with Crippen molar-refractivity contribution < 1.29 is 9.72 Å². The number of hydrogen-bond donors (Lipinski definition) is 2. The van der Waals surface area contributed by atoms with Crippen molar-refractivity contribution in [2.45, 2.75) is 13.3 Å². The molecule has 0 saturated carbocycles. The van der Waals surface area contributed by atoms with Crippen LogP contribution in [-0.2, 0) is 11.2 Å². The predicted molar refractivity (Wildman–Crippen MR) is 110 cm³/mol. The number of benzene rings is 2. The molecule has 0 aliphatic heterocycles. The lowest BCUT2D eigenvalue weighted by Gasteiger charge is -2.03. The fourth-order valence-corrected chi connectivity index (χ4v) is 3.95. The number of aromatic nitrogens is 2. The second kappa shape index (κ2) is 7.24. The Morgan fingerprint density at radius 3 is 2.79 bits per heavy atom. The van der Waals surface area contributed by atoms with E-state index in [9.17, 15) is 14.9 Å². The van der Waals surface area contributed by atoms with Gasteiger partial charge in [-0.2, -0.15) is 0 Å². The summed E-state index contributed by atoms with van der Waals surface area (Å²) < 4.78 is 0. The van der Waals surface area contributed by atoms with Gasteiger partial charge in [-0.25, -0.2) is 4.98 Å². The summed E-state index contributed by atoms with van der Waals surface area (Å²) in [5.74, 6) is -0.342. The molecule has 4 aromatic rings. The SMILES string of the molecule is Cc1[nH]c2ccccc2c1-c1csc(NC(=O)Cc2ccccc2[N+](=O)[O-])n1. The van der Waals surface area contributed by atoms with Gasteiger partial charge in [0, 0.05) is 39.2 Å². The first-order valence-electron chi connectivity index (χ1n) is 8.58. The standard InChI is InChI=1S/C20H16N4O3S/c1-12-19(14-7-3-4-8-15(14)21-12)16-11-28-20(22-16)23-18(25)10-13-6-2-5-9-17(13)24(26)27/h2-9,11,21H,10H2,1H3,(H,22,23,25). The van der Waals surface area contributed by atoms with Crippen LogP contribution in [0, 0.1) is 17.0 Å². The van der Waals surface area contributed by atoms with Crippen molar-refractivity contribution in [1.29, 1.82) is 0 Å². The normalized spacial score (nSPS) is 10.9. The molecular weight excluding hydrogens is 376 g/mol. The molecule has 0 aliphatic carbocycles. The van der Waals surface area contributed by atoms with Crippen LogP contribution in [-0.4, -0.2) is 20.8 Å². The maximum atomic E-state index is 12.4. The molecule has 0 fully saturated rings. The Morgan fingerprint density at radius 1 is 1.21 bits per heavy atom. The zero-order valence-corrected chi connectivity index (χ0v) is 15.7. The molecule has 0 radical (unpaired) electrons. The van der Waals surface area contributed by atoms with E-state index in [1.807, 2.05) is 36.6 Å². The average molecular weight is 392 g/mol. The number of nitro groups is 1. The summed E-state index contributed by atoms with van der Waals surface area (Å²) in [7, 11) is 0. The number of nitrogens with zero attached hydrogens (tertiary/aromatic N) is 2. The van der Waals surface area contributed by atoms with Gasteiger partial charge < -0.3 is 10.3 Å². The first kappa shape index (κ1) is 17.9. The lowest BCUT2D eigenvalue weighted by atomic mass is 10.1. The topological polar surface area (TPSA) is 101 Å². The van der Waals surface area contributed by atoms with Crippen molar-refractivity contribution in [3.05, 3.63) is 75.3 Å². The number of amides is 1. The van der Waals surface area contributed by atoms with Crippen LogP contribution in [0.4, 0.5) is 10.8 Å². The van der Waals surface area contributed by atoms with Crippen LogP contribution < -0.4 is 5.32 Å². The molecule has 2 heterocycles. The van der Waals surface area contributed by atoms with Gasteiger partial charge in [0.25, 0.3) is 5.69 Å². The lowest BCUT2D eigenvalue weighted by molar-refractivity contribution is -0.385. The molecule has 0 aliphatic rings. The number of thiazole rings is 1. The number of H-pyrrole nitrogens is 1. The first-order valence-corrected chi connectivity index (χ1v) is 9.46. The molecule has 1 amide bonds. The van der Waals surface area contributed by atoms with Crippen molar-refractivity contribution in [3.8, 4) is 11.3 Å². The van der Waals surface area contributed by atoms with Crippen LogP contribution in [0.3, 0.4) is 0 Å². The quantitative estimate of drug-likeness (QED) is 0.380. The molecule has 140 valence electrons. The smallest absolute Gasteiger partial charge is 0.273 e. The van der Waals surface area contributed by atoms with E-state index in [4.69, 9.17) is 0 Å². The van der Waals surface area contributed by atoms with E-state index >= 15 is 0 Å². The number of carbonyl (C=O) groups excluding carboxylic acids is 1. The third kappa shape index (κ3) is 3.37. The Balaban J connectivity index is 1.55. The van der Waals surface area contributed by atoms with E-state index in [1.54, 1.807) is 18.2 Å². The van der Waals surface area contributed by atoms with E-state index in [2.05, 4.69) is 15.3 Å². The molecule has 0 atom stereocenters. The number of rotatable bonds is 5. The number of nitro benzene ring substituents is 1. The largest absolute Gasteiger partial charge is 0.358 e. The molecule has 8 heteroatoms. The van der Waals surface area contributed by atoms with Crippen LogP contribution in [0.2, 0.25) is 0 Å². The molecule has 0 spiro atoms. The Hall–Kier alpha value is -3.52. The van der Waals surface area contributed by atoms with Gasteiger partial charge >= 0.3 is 0 Å². The van der Waals surface area contributed by atoms with Crippen LogP contribution in [0.15, 0.2) is 53.9 Å². The lowest BCUT2D eigenvalue weighted by Crippen LogP contribution is -2.15. The number of hydrogen-bond acceptors (Lipinski definition) is 5. The van der Waals surface area contributed by atoms with Gasteiger partial charge in [-0.3, -0.25) is 14.9 Å². The van der Waals surface area contributed by atoms with Crippen molar-refractivity contribution in [2.24, 2.45) is 0 Å². The first-order chi connectivity index (χ1) is 13.5. The van der Waals surface area contributed by atoms with Gasteiger partial charge in [0.15, 0.2) is 5.13 Å². The molecule has 2 aromatic heterocycles. The van der Waals surface area contributed by atoms with Crippen LogP contribution >= 0.6 is 11.3 Å². The second-order valence-corrected chi connectivity index (χ2v) is 7.18. The van der Waals surface area contributed by atoms with Crippen LogP contribution in [0.25, 0.3) is 22.2 Å². The Bertz CT molecular complexity index is 1200. The highest BCUT2D eigenvalue weighted by Crippen LogP contribution is 2.33. The molecule has 7 nitrogen and oxygen atoms in total. The monoisotopic (exact) mass is 392 g/mol. The fourth-order valence-electron chi connectivity index (χ4n) is 3.23. The molecule has 0 unspecified atom stereocenters. The molecule has 28 heavy (non-hydrogen) atoms. The summed E-state index contributed by atoms with van der Waals surface area (Å²) in [5, 5.41) is 17.3. The summed E-state index contributed by atoms with van der Waals surface area (Å²) >= 11 is 1.32. The fraction of sp³-hybridized carbons (Fsp3) is 0.100. The zero-order chi connectivity index (χ0) is 19.7. The van der Waals surface area contributed by atoms with Crippen molar-refractivity contribution in [3.63, 3.8) is 0 Å². The highest BCUT2D eigenvalue weighted by atomic mass is 32.1. The summed E-state index contributed by atoms with van der Waals surface area (Å²) in [6.45, 7) is 1.99. The third-order valence-electron chi connectivity index (χ3n) is 4.44. The summed E-state index contributed by atoms with van der Waals surface area (Å²) in [4.78, 5) is 30.8. The summed E-state index contributed by atoms with van der Waals surface area (Å²) in [5.41, 5.74) is 4.13. The predicted octanol–water partition coefficient (Wildman–Crippen LogP) is 4.69. The van der Waals surface area contributed by atoms with Gasteiger partial charge in [0.2, 0.25) is 5.91 Å². The Morgan fingerprint density at radius 2 is 1.96 bits per heavy atom. The number of para-hydroxylation sites is 2. The number of aromatic amines is 1. The summed E-state index contributed by atoms with van der Waals surface area (Å²) in [6, 6.07) is 14.2. The highest BCUT2D eigenvalue weighted by molar-refractivity contribution is 7.14. The maximum Gasteiger partial charge on any atom is 0.273 e. The molecule has 0 saturated heterocycles. The van der Waals surface area contributed by atoms with E-state index < -0.39 is 4.92 Å². The molecule has 2 aromatic carbocycles.